The lowest BCUT2D eigenvalue weighted by molar-refractivity contribution is -0.384. The van der Waals surface area contributed by atoms with Gasteiger partial charge in [0.2, 0.25) is 0 Å². The summed E-state index contributed by atoms with van der Waals surface area (Å²) in [6.07, 6.45) is 0.808. The highest BCUT2D eigenvalue weighted by atomic mass is 35.5. The van der Waals surface area contributed by atoms with Gasteiger partial charge in [-0.05, 0) is 41.8 Å². The topological polar surface area (TPSA) is 52.4 Å². The zero-order chi connectivity index (χ0) is 15.4. The monoisotopic (exact) mass is 325 g/mol. The molecule has 0 aliphatic rings. The normalized spacial score (nSPS) is 10.4. The molecule has 0 unspecified atom stereocenters. The van der Waals surface area contributed by atoms with E-state index in [1.807, 2.05) is 13.0 Å². The van der Waals surface area contributed by atoms with Gasteiger partial charge >= 0.3 is 0 Å². The van der Waals surface area contributed by atoms with Crippen molar-refractivity contribution in [1.29, 1.82) is 0 Å². The lowest BCUT2D eigenvalue weighted by Gasteiger charge is -2.09. The third-order valence-electron chi connectivity index (χ3n) is 3.01. The summed E-state index contributed by atoms with van der Waals surface area (Å²) in [5.41, 5.74) is 1.55. The van der Waals surface area contributed by atoms with Crippen LogP contribution in [0.3, 0.4) is 0 Å². The van der Waals surface area contributed by atoms with Crippen molar-refractivity contribution in [3.8, 4) is 5.75 Å². The number of hydrogen-bond donors (Lipinski definition) is 0. The Morgan fingerprint density at radius 3 is 2.52 bits per heavy atom. The van der Waals surface area contributed by atoms with E-state index in [1.54, 1.807) is 18.2 Å². The quantitative estimate of drug-likeness (QED) is 0.571. The van der Waals surface area contributed by atoms with E-state index in [4.69, 9.17) is 27.9 Å². The minimum Gasteiger partial charge on any atom is -0.489 e. The molecule has 0 aliphatic heterocycles. The van der Waals surface area contributed by atoms with Crippen LogP contribution in [0, 0.1) is 10.1 Å². The van der Waals surface area contributed by atoms with E-state index in [1.165, 1.54) is 12.1 Å². The Labute approximate surface area is 132 Å². The minimum atomic E-state index is -0.511. The summed E-state index contributed by atoms with van der Waals surface area (Å²) in [7, 11) is 0. The van der Waals surface area contributed by atoms with Crippen LogP contribution in [0.5, 0.6) is 5.75 Å². The van der Waals surface area contributed by atoms with Crippen LogP contribution in [0.4, 0.5) is 5.69 Å². The average Bonchev–Trinajstić information content (AvgIpc) is 2.47. The molecule has 0 N–H and O–H groups in total. The SMILES string of the molecule is CCc1cc(OCc2ccc(Cl)c([N+](=O)[O-])c2)ccc1Cl. The van der Waals surface area contributed by atoms with E-state index in [9.17, 15) is 10.1 Å². The van der Waals surface area contributed by atoms with E-state index in [2.05, 4.69) is 0 Å². The highest BCUT2D eigenvalue weighted by Crippen LogP contribution is 2.27. The number of ether oxygens (including phenoxy) is 1. The zero-order valence-electron chi connectivity index (χ0n) is 11.3. The number of hydrogen-bond acceptors (Lipinski definition) is 3. The molecule has 0 aromatic heterocycles. The second kappa shape index (κ2) is 6.78. The molecule has 0 spiro atoms. The van der Waals surface area contributed by atoms with Crippen molar-refractivity contribution in [2.45, 2.75) is 20.0 Å². The summed E-state index contributed by atoms with van der Waals surface area (Å²) >= 11 is 11.8. The second-order valence-electron chi connectivity index (χ2n) is 4.44. The average molecular weight is 326 g/mol. The van der Waals surface area contributed by atoms with Gasteiger partial charge < -0.3 is 4.74 Å². The first kappa shape index (κ1) is 15.6. The number of benzene rings is 2. The molecule has 0 fully saturated rings. The Morgan fingerprint density at radius 1 is 1.14 bits per heavy atom. The molecular weight excluding hydrogens is 313 g/mol. The molecule has 21 heavy (non-hydrogen) atoms. The summed E-state index contributed by atoms with van der Waals surface area (Å²) < 4.78 is 5.64. The van der Waals surface area contributed by atoms with Crippen LogP contribution in [0.1, 0.15) is 18.1 Å². The van der Waals surface area contributed by atoms with Crippen LogP contribution in [0.2, 0.25) is 10.0 Å². The third kappa shape index (κ3) is 3.86. The molecule has 0 aliphatic carbocycles. The molecule has 6 heteroatoms. The molecule has 0 heterocycles. The standard InChI is InChI=1S/C15H13Cl2NO3/c1-2-11-8-12(4-6-13(11)16)21-9-10-3-5-14(17)15(7-10)18(19)20/h3-8H,2,9H2,1H3. The zero-order valence-corrected chi connectivity index (χ0v) is 12.8. The largest absolute Gasteiger partial charge is 0.489 e. The summed E-state index contributed by atoms with van der Waals surface area (Å²) in [6, 6.07) is 10.0. The van der Waals surface area contributed by atoms with Gasteiger partial charge in [-0.3, -0.25) is 10.1 Å². The highest BCUT2D eigenvalue weighted by molar-refractivity contribution is 6.32. The van der Waals surface area contributed by atoms with Gasteiger partial charge in [-0.15, -0.1) is 0 Å². The van der Waals surface area contributed by atoms with E-state index in [0.29, 0.717) is 16.3 Å². The number of halogens is 2. The minimum absolute atomic E-state index is 0.114. The van der Waals surface area contributed by atoms with Crippen molar-refractivity contribution >= 4 is 28.9 Å². The molecule has 4 nitrogen and oxygen atoms in total. The van der Waals surface area contributed by atoms with Crippen molar-refractivity contribution in [3.05, 3.63) is 67.7 Å². The Balaban J connectivity index is 2.13. The van der Waals surface area contributed by atoms with Gasteiger partial charge in [0.15, 0.2) is 0 Å². The molecule has 0 saturated heterocycles. The highest BCUT2D eigenvalue weighted by Gasteiger charge is 2.13. The van der Waals surface area contributed by atoms with Crippen LogP contribution >= 0.6 is 23.2 Å². The third-order valence-corrected chi connectivity index (χ3v) is 3.70. The number of nitro groups is 1. The van der Waals surface area contributed by atoms with Crippen molar-refractivity contribution in [3.63, 3.8) is 0 Å². The molecule has 2 aromatic carbocycles. The maximum atomic E-state index is 10.8. The molecule has 0 amide bonds. The Kier molecular flexibility index (Phi) is 5.04. The van der Waals surface area contributed by atoms with Crippen molar-refractivity contribution < 1.29 is 9.66 Å². The number of nitro benzene ring substituents is 1. The van der Waals surface area contributed by atoms with Gasteiger partial charge in [-0.25, -0.2) is 0 Å². The van der Waals surface area contributed by atoms with E-state index in [-0.39, 0.29) is 17.3 Å². The van der Waals surface area contributed by atoms with Gasteiger partial charge in [0.1, 0.15) is 17.4 Å². The number of nitrogens with zero attached hydrogens (tertiary/aromatic N) is 1. The van der Waals surface area contributed by atoms with Gasteiger partial charge in [0, 0.05) is 11.1 Å². The smallest absolute Gasteiger partial charge is 0.288 e. The Morgan fingerprint density at radius 2 is 1.86 bits per heavy atom. The second-order valence-corrected chi connectivity index (χ2v) is 5.25. The van der Waals surface area contributed by atoms with Crippen molar-refractivity contribution in [2.24, 2.45) is 0 Å². The van der Waals surface area contributed by atoms with Crippen LogP contribution in [-0.4, -0.2) is 4.92 Å². The molecule has 0 radical (unpaired) electrons. The molecular formula is C15H13Cl2NO3. The van der Waals surface area contributed by atoms with E-state index >= 15 is 0 Å². The summed E-state index contributed by atoms with van der Waals surface area (Å²) in [6.45, 7) is 2.23. The first-order valence-electron chi connectivity index (χ1n) is 6.35. The van der Waals surface area contributed by atoms with Crippen molar-refractivity contribution in [2.75, 3.05) is 0 Å². The lowest BCUT2D eigenvalue weighted by atomic mass is 10.1. The Bertz CT molecular complexity index is 674. The fourth-order valence-corrected chi connectivity index (χ4v) is 2.30. The maximum absolute atomic E-state index is 10.8. The number of rotatable bonds is 5. The predicted molar refractivity (Wildman–Crippen MR) is 83.3 cm³/mol. The summed E-state index contributed by atoms with van der Waals surface area (Å²) in [4.78, 5) is 10.3. The number of aryl methyl sites for hydroxylation is 1. The molecule has 0 saturated carbocycles. The van der Waals surface area contributed by atoms with Crippen molar-refractivity contribution in [1.82, 2.24) is 0 Å². The summed E-state index contributed by atoms with van der Waals surface area (Å²) in [5, 5.41) is 11.7. The van der Waals surface area contributed by atoms with E-state index < -0.39 is 4.92 Å². The molecule has 2 aromatic rings. The van der Waals surface area contributed by atoms with Gasteiger partial charge in [-0.1, -0.05) is 36.2 Å². The maximum Gasteiger partial charge on any atom is 0.288 e. The van der Waals surface area contributed by atoms with Gasteiger partial charge in [-0.2, -0.15) is 0 Å². The van der Waals surface area contributed by atoms with Crippen LogP contribution in [0.15, 0.2) is 36.4 Å². The van der Waals surface area contributed by atoms with Crippen LogP contribution in [-0.2, 0) is 13.0 Å². The summed E-state index contributed by atoms with van der Waals surface area (Å²) in [5.74, 6) is 0.675. The molecule has 2 rings (SSSR count). The van der Waals surface area contributed by atoms with E-state index in [0.717, 1.165) is 12.0 Å². The molecule has 110 valence electrons. The van der Waals surface area contributed by atoms with Gasteiger partial charge in [0.05, 0.1) is 4.92 Å². The molecule has 0 atom stereocenters. The fourth-order valence-electron chi connectivity index (χ4n) is 1.87. The fraction of sp³-hybridized carbons (Fsp3) is 0.200. The Hall–Kier alpha value is -1.78. The predicted octanol–water partition coefficient (Wildman–Crippen LogP) is 5.04. The lowest BCUT2D eigenvalue weighted by Crippen LogP contribution is -1.98. The first-order chi connectivity index (χ1) is 10.0. The van der Waals surface area contributed by atoms with Crippen LogP contribution in [0.25, 0.3) is 0 Å². The van der Waals surface area contributed by atoms with Crippen LogP contribution < -0.4 is 4.74 Å². The van der Waals surface area contributed by atoms with Gasteiger partial charge in [0.25, 0.3) is 5.69 Å². The first-order valence-corrected chi connectivity index (χ1v) is 7.11. The molecule has 0 bridgehead atoms.